The van der Waals surface area contributed by atoms with Crippen LogP contribution in [-0.4, -0.2) is 44.5 Å². The molecule has 0 aliphatic rings. The summed E-state index contributed by atoms with van der Waals surface area (Å²) in [4.78, 5) is 18.5. The zero-order valence-corrected chi connectivity index (χ0v) is 10.3. The third kappa shape index (κ3) is 3.49. The van der Waals surface area contributed by atoms with Crippen LogP contribution in [0.25, 0.3) is 0 Å². The smallest absolute Gasteiger partial charge is 0.356 e. The molecule has 0 unspecified atom stereocenters. The second kappa shape index (κ2) is 5.91. The number of hydrogen-bond acceptors (Lipinski definition) is 6. The first-order valence-corrected chi connectivity index (χ1v) is 5.53. The van der Waals surface area contributed by atoms with Crippen LogP contribution in [0.5, 0.6) is 0 Å². The number of anilines is 2. The molecule has 0 atom stereocenters. The van der Waals surface area contributed by atoms with E-state index in [2.05, 4.69) is 20.4 Å². The van der Waals surface area contributed by atoms with Gasteiger partial charge in [-0.05, 0) is 0 Å². The second-order valence-corrected chi connectivity index (χ2v) is 3.70. The zero-order valence-electron chi connectivity index (χ0n) is 10.3. The third-order valence-corrected chi connectivity index (χ3v) is 2.28. The van der Waals surface area contributed by atoms with Crippen molar-refractivity contribution >= 4 is 17.5 Å². The van der Waals surface area contributed by atoms with Crippen molar-refractivity contribution in [1.82, 2.24) is 19.7 Å². The van der Waals surface area contributed by atoms with Gasteiger partial charge in [-0.15, -0.1) is 0 Å². The van der Waals surface area contributed by atoms with E-state index >= 15 is 0 Å². The molecule has 0 radical (unpaired) electrons. The third-order valence-electron chi connectivity index (χ3n) is 2.28. The van der Waals surface area contributed by atoms with Gasteiger partial charge in [-0.3, -0.25) is 9.67 Å². The van der Waals surface area contributed by atoms with Gasteiger partial charge < -0.3 is 15.2 Å². The minimum Gasteiger partial charge on any atom is -0.476 e. The number of hydrogen-bond donors (Lipinski definition) is 2. The van der Waals surface area contributed by atoms with E-state index in [9.17, 15) is 4.79 Å². The lowest BCUT2D eigenvalue weighted by Crippen LogP contribution is -2.04. The summed E-state index contributed by atoms with van der Waals surface area (Å²) < 4.78 is 6.66. The number of carbonyl (C=O) groups is 1. The first-order chi connectivity index (χ1) is 9.19. The van der Waals surface area contributed by atoms with Gasteiger partial charge in [-0.2, -0.15) is 5.10 Å². The Kier molecular flexibility index (Phi) is 4.04. The van der Waals surface area contributed by atoms with Crippen molar-refractivity contribution in [2.45, 2.75) is 6.54 Å². The van der Waals surface area contributed by atoms with E-state index < -0.39 is 5.97 Å². The van der Waals surface area contributed by atoms with Crippen molar-refractivity contribution in [1.29, 1.82) is 0 Å². The van der Waals surface area contributed by atoms with Gasteiger partial charge >= 0.3 is 5.97 Å². The lowest BCUT2D eigenvalue weighted by molar-refractivity contribution is 0.0690. The highest BCUT2D eigenvalue weighted by Crippen LogP contribution is 2.12. The number of rotatable bonds is 6. The average molecular weight is 263 g/mol. The molecule has 0 amide bonds. The molecular weight excluding hydrogens is 250 g/mol. The molecule has 2 rings (SSSR count). The quantitative estimate of drug-likeness (QED) is 0.793. The molecule has 2 N–H and O–H groups in total. The van der Waals surface area contributed by atoms with Crippen molar-refractivity contribution in [3.63, 3.8) is 0 Å². The Balaban J connectivity index is 2.06. The van der Waals surface area contributed by atoms with Crippen LogP contribution in [0.2, 0.25) is 0 Å². The maximum Gasteiger partial charge on any atom is 0.356 e. The van der Waals surface area contributed by atoms with Crippen molar-refractivity contribution in [3.8, 4) is 0 Å². The predicted octanol–water partition coefficient (Wildman–Crippen LogP) is 0.761. The van der Waals surface area contributed by atoms with Gasteiger partial charge in [0.2, 0.25) is 0 Å². The van der Waals surface area contributed by atoms with Gasteiger partial charge in [-0.1, -0.05) is 0 Å². The predicted molar refractivity (Wildman–Crippen MR) is 66.4 cm³/mol. The topological polar surface area (TPSA) is 102 Å². The maximum atomic E-state index is 10.8. The summed E-state index contributed by atoms with van der Waals surface area (Å²) in [7, 11) is 1.62. The molecule has 8 heteroatoms. The molecule has 0 saturated heterocycles. The number of aromatic nitrogens is 4. The fourth-order valence-corrected chi connectivity index (χ4v) is 1.41. The standard InChI is InChI=1S/C11H13N5O3/c1-19-3-2-16-7-8(4-13-16)14-10-6-12-5-9(15-10)11(17)18/h4-7H,2-3H2,1H3,(H,14,15)(H,17,18). The van der Waals surface area contributed by atoms with Crippen LogP contribution in [0.3, 0.4) is 0 Å². The van der Waals surface area contributed by atoms with Gasteiger partial charge in [0.25, 0.3) is 0 Å². The zero-order chi connectivity index (χ0) is 13.7. The Bertz CT molecular complexity index is 569. The summed E-state index contributed by atoms with van der Waals surface area (Å²) in [5.41, 5.74) is 0.588. The summed E-state index contributed by atoms with van der Waals surface area (Å²) >= 11 is 0. The highest BCUT2D eigenvalue weighted by Gasteiger charge is 2.07. The summed E-state index contributed by atoms with van der Waals surface area (Å²) in [5, 5.41) is 15.9. The normalized spacial score (nSPS) is 10.4. The lowest BCUT2D eigenvalue weighted by atomic mass is 10.4. The molecule has 19 heavy (non-hydrogen) atoms. The number of methoxy groups -OCH3 is 1. The molecule has 8 nitrogen and oxygen atoms in total. The van der Waals surface area contributed by atoms with E-state index in [1.165, 1.54) is 12.4 Å². The molecule has 100 valence electrons. The van der Waals surface area contributed by atoms with E-state index in [1.54, 1.807) is 24.2 Å². The average Bonchev–Trinajstić information content (AvgIpc) is 2.84. The fourth-order valence-electron chi connectivity index (χ4n) is 1.41. The van der Waals surface area contributed by atoms with E-state index in [0.29, 0.717) is 24.7 Å². The fraction of sp³-hybridized carbons (Fsp3) is 0.273. The largest absolute Gasteiger partial charge is 0.476 e. The van der Waals surface area contributed by atoms with E-state index in [-0.39, 0.29) is 5.69 Å². The molecule has 0 saturated carbocycles. The SMILES string of the molecule is COCCn1cc(Nc2cncc(C(=O)O)n2)cn1. The molecule has 2 aromatic rings. The minimum absolute atomic E-state index is 0.114. The van der Waals surface area contributed by atoms with Gasteiger partial charge in [0.05, 0.1) is 37.4 Å². The van der Waals surface area contributed by atoms with Crippen LogP contribution in [0.15, 0.2) is 24.8 Å². The minimum atomic E-state index is -1.12. The highest BCUT2D eigenvalue weighted by atomic mass is 16.5. The van der Waals surface area contributed by atoms with Crippen LogP contribution in [-0.2, 0) is 11.3 Å². The number of ether oxygens (including phenoxy) is 1. The van der Waals surface area contributed by atoms with Crippen LogP contribution in [0, 0.1) is 0 Å². The Morgan fingerprint density at radius 2 is 2.32 bits per heavy atom. The van der Waals surface area contributed by atoms with E-state index in [4.69, 9.17) is 9.84 Å². The number of nitrogens with one attached hydrogen (secondary N) is 1. The number of carboxylic acid groups (broad SMARTS) is 1. The van der Waals surface area contributed by atoms with Crippen LogP contribution >= 0.6 is 0 Å². The van der Waals surface area contributed by atoms with Crippen molar-refractivity contribution < 1.29 is 14.6 Å². The Hall–Kier alpha value is -2.48. The second-order valence-electron chi connectivity index (χ2n) is 3.70. The van der Waals surface area contributed by atoms with Gasteiger partial charge in [0.15, 0.2) is 5.69 Å². The number of nitrogens with zero attached hydrogens (tertiary/aromatic N) is 4. The number of carboxylic acids is 1. The van der Waals surface area contributed by atoms with Crippen LogP contribution < -0.4 is 5.32 Å². The molecule has 0 spiro atoms. The highest BCUT2D eigenvalue weighted by molar-refractivity contribution is 5.85. The van der Waals surface area contributed by atoms with E-state index in [0.717, 1.165) is 0 Å². The van der Waals surface area contributed by atoms with E-state index in [1.807, 2.05) is 0 Å². The molecule has 2 aromatic heterocycles. The molecule has 0 fully saturated rings. The van der Waals surface area contributed by atoms with Crippen molar-refractivity contribution in [3.05, 3.63) is 30.5 Å². The van der Waals surface area contributed by atoms with Crippen LogP contribution in [0.1, 0.15) is 10.5 Å². The van der Waals surface area contributed by atoms with Crippen molar-refractivity contribution in [2.24, 2.45) is 0 Å². The summed E-state index contributed by atoms with van der Waals surface area (Å²) in [6, 6.07) is 0. The Morgan fingerprint density at radius 3 is 3.05 bits per heavy atom. The molecule has 0 aromatic carbocycles. The lowest BCUT2D eigenvalue weighted by Gasteiger charge is -2.02. The molecular formula is C11H13N5O3. The van der Waals surface area contributed by atoms with Crippen molar-refractivity contribution in [2.75, 3.05) is 19.0 Å². The molecule has 0 bridgehead atoms. The first kappa shape index (κ1) is 13.0. The Labute approximate surface area is 109 Å². The maximum absolute atomic E-state index is 10.8. The molecule has 0 aliphatic heterocycles. The monoisotopic (exact) mass is 263 g/mol. The van der Waals surface area contributed by atoms with Gasteiger partial charge in [0.1, 0.15) is 5.82 Å². The summed E-state index contributed by atoms with van der Waals surface area (Å²) in [6.45, 7) is 1.20. The number of aromatic carboxylic acids is 1. The molecule has 2 heterocycles. The van der Waals surface area contributed by atoms with Gasteiger partial charge in [-0.25, -0.2) is 9.78 Å². The Morgan fingerprint density at radius 1 is 1.47 bits per heavy atom. The molecule has 0 aliphatic carbocycles. The summed E-state index contributed by atoms with van der Waals surface area (Å²) in [5.74, 6) is -0.766. The summed E-state index contributed by atoms with van der Waals surface area (Å²) in [6.07, 6.45) is 6.02. The van der Waals surface area contributed by atoms with Gasteiger partial charge in [0, 0.05) is 13.3 Å². The first-order valence-electron chi connectivity index (χ1n) is 5.53. The van der Waals surface area contributed by atoms with Crippen LogP contribution in [0.4, 0.5) is 11.5 Å².